The number of furan rings is 1. The highest BCUT2D eigenvalue weighted by Gasteiger charge is 2.08. The Balaban J connectivity index is 2.16. The van der Waals surface area contributed by atoms with Crippen LogP contribution in [-0.2, 0) is 7.05 Å². The molecule has 18 heavy (non-hydrogen) atoms. The topological polar surface area (TPSA) is 17.0 Å². The van der Waals surface area contributed by atoms with Gasteiger partial charge in [0, 0.05) is 23.1 Å². The second-order valence-corrected chi connectivity index (χ2v) is 4.84. The first kappa shape index (κ1) is 11.0. The number of nitrogens with zero attached hydrogens (tertiary/aromatic N) is 1. The average molecular weight is 238 g/mol. The Morgan fingerprint density at radius 2 is 1.61 bits per heavy atom. The molecule has 0 radical (unpaired) electrons. The van der Waals surface area contributed by atoms with Crippen LogP contribution in [0.1, 0.15) is 11.1 Å². The zero-order chi connectivity index (χ0) is 12.7. The van der Waals surface area contributed by atoms with Crippen molar-refractivity contribution >= 4 is 11.0 Å². The lowest BCUT2D eigenvalue weighted by Crippen LogP contribution is -2.25. The number of aryl methyl sites for hydroxylation is 3. The van der Waals surface area contributed by atoms with Crippen LogP contribution in [0.4, 0.5) is 0 Å². The summed E-state index contributed by atoms with van der Waals surface area (Å²) in [5.41, 5.74) is 4.64. The van der Waals surface area contributed by atoms with E-state index in [1.165, 1.54) is 16.5 Å². The molecule has 2 nitrogen and oxygen atoms in total. The molecular formula is C16H16NO+. The van der Waals surface area contributed by atoms with E-state index in [4.69, 9.17) is 4.42 Å². The van der Waals surface area contributed by atoms with E-state index in [9.17, 15) is 0 Å². The molecule has 0 aliphatic heterocycles. The predicted molar refractivity (Wildman–Crippen MR) is 72.3 cm³/mol. The van der Waals surface area contributed by atoms with Gasteiger partial charge >= 0.3 is 0 Å². The third-order valence-corrected chi connectivity index (χ3v) is 3.40. The molecule has 3 rings (SSSR count). The minimum atomic E-state index is 0.926. The van der Waals surface area contributed by atoms with Crippen molar-refractivity contribution in [3.63, 3.8) is 0 Å². The van der Waals surface area contributed by atoms with Gasteiger partial charge in [-0.1, -0.05) is 0 Å². The van der Waals surface area contributed by atoms with Crippen LogP contribution in [0.15, 0.2) is 47.1 Å². The van der Waals surface area contributed by atoms with Crippen LogP contribution in [-0.4, -0.2) is 0 Å². The maximum atomic E-state index is 5.92. The van der Waals surface area contributed by atoms with Gasteiger partial charge in [0.25, 0.3) is 0 Å². The molecule has 3 aromatic rings. The van der Waals surface area contributed by atoms with Gasteiger partial charge in [-0.2, -0.15) is 0 Å². The standard InChI is InChI=1S/C16H16NO/c1-11-8-14-10-16(18-15(14)9-12(11)2)13-4-6-17(3)7-5-13/h4-10H,1-3H3/q+1. The van der Waals surface area contributed by atoms with Gasteiger partial charge in [-0.3, -0.25) is 0 Å². The van der Waals surface area contributed by atoms with Crippen molar-refractivity contribution < 1.29 is 8.98 Å². The minimum absolute atomic E-state index is 0.926. The molecule has 0 atom stereocenters. The molecule has 0 N–H and O–H groups in total. The van der Waals surface area contributed by atoms with Gasteiger partial charge in [0.1, 0.15) is 18.4 Å². The quantitative estimate of drug-likeness (QED) is 0.593. The first-order valence-corrected chi connectivity index (χ1v) is 6.10. The van der Waals surface area contributed by atoms with Crippen molar-refractivity contribution in [2.45, 2.75) is 13.8 Å². The predicted octanol–water partition coefficient (Wildman–Crippen LogP) is 3.54. The second-order valence-electron chi connectivity index (χ2n) is 4.84. The van der Waals surface area contributed by atoms with E-state index in [0.29, 0.717) is 0 Å². The van der Waals surface area contributed by atoms with Crippen molar-refractivity contribution in [3.05, 3.63) is 53.9 Å². The summed E-state index contributed by atoms with van der Waals surface area (Å²) >= 11 is 0. The van der Waals surface area contributed by atoms with E-state index >= 15 is 0 Å². The Morgan fingerprint density at radius 1 is 0.944 bits per heavy atom. The summed E-state index contributed by atoms with van der Waals surface area (Å²) in [6.07, 6.45) is 4.05. The van der Waals surface area contributed by atoms with E-state index in [1.54, 1.807) is 0 Å². The van der Waals surface area contributed by atoms with Crippen LogP contribution in [0.5, 0.6) is 0 Å². The Hall–Kier alpha value is -2.09. The lowest BCUT2D eigenvalue weighted by atomic mass is 10.1. The summed E-state index contributed by atoms with van der Waals surface area (Å²) in [6.45, 7) is 4.24. The van der Waals surface area contributed by atoms with Crippen LogP contribution >= 0.6 is 0 Å². The number of fused-ring (bicyclic) bond motifs is 1. The second kappa shape index (κ2) is 3.98. The van der Waals surface area contributed by atoms with Gasteiger partial charge in [-0.25, -0.2) is 4.57 Å². The largest absolute Gasteiger partial charge is 0.456 e. The van der Waals surface area contributed by atoms with Crippen molar-refractivity contribution in [1.82, 2.24) is 0 Å². The Morgan fingerprint density at radius 3 is 2.33 bits per heavy atom. The molecule has 0 bridgehead atoms. The smallest absolute Gasteiger partial charge is 0.169 e. The normalized spacial score (nSPS) is 11.1. The average Bonchev–Trinajstić information content (AvgIpc) is 2.73. The maximum Gasteiger partial charge on any atom is 0.169 e. The molecule has 0 aliphatic rings. The summed E-state index contributed by atoms with van der Waals surface area (Å²) in [4.78, 5) is 0. The van der Waals surface area contributed by atoms with Gasteiger partial charge in [-0.15, -0.1) is 0 Å². The summed E-state index contributed by atoms with van der Waals surface area (Å²) in [5, 5.41) is 1.17. The van der Waals surface area contributed by atoms with Crippen molar-refractivity contribution in [2.24, 2.45) is 7.05 Å². The van der Waals surface area contributed by atoms with Gasteiger partial charge in [0.05, 0.1) is 0 Å². The highest BCUT2D eigenvalue weighted by atomic mass is 16.3. The number of benzene rings is 1. The highest BCUT2D eigenvalue weighted by molar-refractivity contribution is 5.84. The molecule has 0 fully saturated rings. The Labute approximate surface area is 106 Å². The van der Waals surface area contributed by atoms with E-state index in [0.717, 1.165) is 16.9 Å². The molecule has 2 aromatic heterocycles. The van der Waals surface area contributed by atoms with Gasteiger partial charge in [-0.05, 0) is 43.2 Å². The zero-order valence-corrected chi connectivity index (χ0v) is 10.9. The van der Waals surface area contributed by atoms with Gasteiger partial charge in [0.15, 0.2) is 12.4 Å². The highest BCUT2D eigenvalue weighted by Crippen LogP contribution is 2.29. The summed E-state index contributed by atoms with van der Waals surface area (Å²) in [5.74, 6) is 0.926. The molecule has 0 unspecified atom stereocenters. The van der Waals surface area contributed by atoms with Crippen LogP contribution in [0, 0.1) is 13.8 Å². The molecule has 0 aliphatic carbocycles. The minimum Gasteiger partial charge on any atom is -0.456 e. The zero-order valence-electron chi connectivity index (χ0n) is 10.9. The third-order valence-electron chi connectivity index (χ3n) is 3.40. The summed E-state index contributed by atoms with van der Waals surface area (Å²) in [6, 6.07) is 10.5. The first-order valence-electron chi connectivity index (χ1n) is 6.10. The van der Waals surface area contributed by atoms with Crippen LogP contribution in [0.2, 0.25) is 0 Å². The first-order chi connectivity index (χ1) is 8.63. The lowest BCUT2D eigenvalue weighted by Gasteiger charge is -1.97. The van der Waals surface area contributed by atoms with Gasteiger partial charge in [0.2, 0.25) is 0 Å². The Kier molecular flexibility index (Phi) is 2.44. The van der Waals surface area contributed by atoms with E-state index in [-0.39, 0.29) is 0 Å². The Bertz CT molecular complexity index is 669. The molecular weight excluding hydrogens is 222 g/mol. The van der Waals surface area contributed by atoms with Crippen molar-refractivity contribution in [1.29, 1.82) is 0 Å². The summed E-state index contributed by atoms with van der Waals surface area (Å²) in [7, 11) is 2.01. The molecule has 0 saturated carbocycles. The van der Waals surface area contributed by atoms with Gasteiger partial charge < -0.3 is 4.42 Å². The number of aromatic nitrogens is 1. The molecule has 2 heterocycles. The number of rotatable bonds is 1. The molecule has 0 amide bonds. The van der Waals surface area contributed by atoms with Crippen LogP contribution in [0.3, 0.4) is 0 Å². The van der Waals surface area contributed by atoms with Crippen molar-refractivity contribution in [3.8, 4) is 11.3 Å². The molecule has 0 saturated heterocycles. The molecule has 2 heteroatoms. The molecule has 90 valence electrons. The van der Waals surface area contributed by atoms with Crippen LogP contribution in [0.25, 0.3) is 22.3 Å². The fourth-order valence-corrected chi connectivity index (χ4v) is 2.11. The fraction of sp³-hybridized carbons (Fsp3) is 0.188. The lowest BCUT2D eigenvalue weighted by molar-refractivity contribution is -0.671. The SMILES string of the molecule is Cc1cc2cc(-c3cc[n+](C)cc3)oc2cc1C. The monoisotopic (exact) mass is 238 g/mol. The molecule has 0 spiro atoms. The van der Waals surface area contributed by atoms with E-state index in [1.807, 2.05) is 24.0 Å². The number of pyridine rings is 1. The van der Waals surface area contributed by atoms with E-state index < -0.39 is 0 Å². The summed E-state index contributed by atoms with van der Waals surface area (Å²) < 4.78 is 7.93. The third kappa shape index (κ3) is 1.80. The van der Waals surface area contributed by atoms with Crippen LogP contribution < -0.4 is 4.57 Å². The van der Waals surface area contributed by atoms with Crippen molar-refractivity contribution in [2.75, 3.05) is 0 Å². The molecule has 1 aromatic carbocycles. The number of hydrogen-bond donors (Lipinski definition) is 0. The maximum absolute atomic E-state index is 5.92. The fourth-order valence-electron chi connectivity index (χ4n) is 2.11. The van der Waals surface area contributed by atoms with E-state index in [2.05, 4.69) is 44.2 Å². The number of hydrogen-bond acceptors (Lipinski definition) is 1.